The van der Waals surface area contributed by atoms with Crippen LogP contribution in [0.2, 0.25) is 0 Å². The van der Waals surface area contributed by atoms with Crippen LogP contribution in [0, 0.1) is 12.7 Å². The molecule has 3 N–H and O–H groups in total. The number of aromatic nitrogens is 1. The standard InChI is InChI=1S/C12H15FN2/c1-7(6-14)11-8(2)15-12-9(11)4-3-5-10(12)13/h3-5,7,15H,6,14H2,1-2H3. The van der Waals surface area contributed by atoms with Gasteiger partial charge in [0.05, 0.1) is 5.52 Å². The Balaban J connectivity index is 2.73. The molecule has 1 unspecified atom stereocenters. The van der Waals surface area contributed by atoms with E-state index in [1.165, 1.54) is 6.07 Å². The van der Waals surface area contributed by atoms with Gasteiger partial charge >= 0.3 is 0 Å². The van der Waals surface area contributed by atoms with Crippen LogP contribution in [0.4, 0.5) is 4.39 Å². The van der Waals surface area contributed by atoms with Crippen molar-refractivity contribution in [2.24, 2.45) is 5.73 Å². The minimum Gasteiger partial charge on any atom is -0.356 e. The zero-order chi connectivity index (χ0) is 11.0. The summed E-state index contributed by atoms with van der Waals surface area (Å²) < 4.78 is 13.5. The van der Waals surface area contributed by atoms with Crippen molar-refractivity contribution in [3.05, 3.63) is 35.3 Å². The van der Waals surface area contributed by atoms with E-state index in [2.05, 4.69) is 11.9 Å². The summed E-state index contributed by atoms with van der Waals surface area (Å²) in [5, 5.41) is 0.949. The molecule has 0 spiro atoms. The molecule has 2 rings (SSSR count). The summed E-state index contributed by atoms with van der Waals surface area (Å²) in [6, 6.07) is 5.14. The number of halogens is 1. The number of hydrogen-bond acceptors (Lipinski definition) is 1. The van der Waals surface area contributed by atoms with Crippen LogP contribution in [0.1, 0.15) is 24.1 Å². The van der Waals surface area contributed by atoms with Crippen LogP contribution in [0.5, 0.6) is 0 Å². The maximum Gasteiger partial charge on any atom is 0.147 e. The Bertz CT molecular complexity index is 488. The van der Waals surface area contributed by atoms with Crippen molar-refractivity contribution in [1.29, 1.82) is 0 Å². The molecule has 2 nitrogen and oxygen atoms in total. The molecule has 0 amide bonds. The van der Waals surface area contributed by atoms with Crippen LogP contribution in [0.25, 0.3) is 10.9 Å². The number of nitrogens with two attached hydrogens (primary N) is 1. The van der Waals surface area contributed by atoms with Crippen molar-refractivity contribution in [2.45, 2.75) is 19.8 Å². The number of hydrogen-bond donors (Lipinski definition) is 2. The van der Waals surface area contributed by atoms with E-state index in [-0.39, 0.29) is 11.7 Å². The van der Waals surface area contributed by atoms with E-state index in [1.54, 1.807) is 6.07 Å². The van der Waals surface area contributed by atoms with Gasteiger partial charge in [0.2, 0.25) is 0 Å². The van der Waals surface area contributed by atoms with E-state index in [9.17, 15) is 4.39 Å². The van der Waals surface area contributed by atoms with Gasteiger partial charge < -0.3 is 10.7 Å². The van der Waals surface area contributed by atoms with E-state index in [4.69, 9.17) is 5.73 Å². The smallest absolute Gasteiger partial charge is 0.147 e. The first-order valence-corrected chi connectivity index (χ1v) is 5.12. The second kappa shape index (κ2) is 3.66. The van der Waals surface area contributed by atoms with E-state index >= 15 is 0 Å². The average molecular weight is 206 g/mol. The van der Waals surface area contributed by atoms with Crippen molar-refractivity contribution in [2.75, 3.05) is 6.54 Å². The van der Waals surface area contributed by atoms with Gasteiger partial charge in [-0.3, -0.25) is 0 Å². The first kappa shape index (κ1) is 10.2. The van der Waals surface area contributed by atoms with Gasteiger partial charge in [-0.05, 0) is 31.0 Å². The van der Waals surface area contributed by atoms with Crippen molar-refractivity contribution < 1.29 is 4.39 Å². The Hall–Kier alpha value is -1.35. The van der Waals surface area contributed by atoms with Gasteiger partial charge in [0.15, 0.2) is 0 Å². The largest absolute Gasteiger partial charge is 0.356 e. The summed E-state index contributed by atoms with van der Waals surface area (Å²) in [7, 11) is 0. The monoisotopic (exact) mass is 206 g/mol. The summed E-state index contributed by atoms with van der Waals surface area (Å²) in [6.07, 6.45) is 0. The molecule has 0 aliphatic carbocycles. The Kier molecular flexibility index (Phi) is 2.49. The molecular formula is C12H15FN2. The molecule has 0 saturated carbocycles. The Morgan fingerprint density at radius 1 is 1.47 bits per heavy atom. The normalized spacial score (nSPS) is 13.3. The zero-order valence-corrected chi connectivity index (χ0v) is 8.97. The summed E-state index contributed by atoms with van der Waals surface area (Å²) in [6.45, 7) is 4.59. The van der Waals surface area contributed by atoms with Crippen LogP contribution >= 0.6 is 0 Å². The van der Waals surface area contributed by atoms with E-state index in [1.807, 2.05) is 13.0 Å². The molecule has 0 bridgehead atoms. The van der Waals surface area contributed by atoms with Gasteiger partial charge in [0.25, 0.3) is 0 Å². The molecule has 3 heteroatoms. The lowest BCUT2D eigenvalue weighted by atomic mass is 9.98. The lowest BCUT2D eigenvalue weighted by Gasteiger charge is -2.08. The van der Waals surface area contributed by atoms with Crippen LogP contribution in [-0.4, -0.2) is 11.5 Å². The average Bonchev–Trinajstić information content (AvgIpc) is 2.55. The van der Waals surface area contributed by atoms with Crippen molar-refractivity contribution >= 4 is 10.9 Å². The van der Waals surface area contributed by atoms with Crippen molar-refractivity contribution in [1.82, 2.24) is 4.98 Å². The van der Waals surface area contributed by atoms with Crippen LogP contribution in [0.3, 0.4) is 0 Å². The molecule has 1 aromatic carbocycles. The second-order valence-electron chi connectivity index (χ2n) is 3.96. The lowest BCUT2D eigenvalue weighted by molar-refractivity contribution is 0.637. The summed E-state index contributed by atoms with van der Waals surface area (Å²) in [5.74, 6) is 0.0478. The van der Waals surface area contributed by atoms with Gasteiger partial charge in [-0.1, -0.05) is 19.1 Å². The summed E-state index contributed by atoms with van der Waals surface area (Å²) >= 11 is 0. The predicted octanol–water partition coefficient (Wildman–Crippen LogP) is 2.68. The van der Waals surface area contributed by atoms with Crippen molar-refractivity contribution in [3.8, 4) is 0 Å². The number of benzene rings is 1. The maximum absolute atomic E-state index is 13.5. The Morgan fingerprint density at radius 3 is 2.87 bits per heavy atom. The number of aryl methyl sites for hydroxylation is 1. The molecule has 1 atom stereocenters. The molecule has 0 radical (unpaired) electrons. The lowest BCUT2D eigenvalue weighted by Crippen LogP contribution is -2.09. The van der Waals surface area contributed by atoms with Crippen LogP contribution in [0.15, 0.2) is 18.2 Å². The third kappa shape index (κ3) is 1.53. The van der Waals surface area contributed by atoms with Gasteiger partial charge in [0.1, 0.15) is 5.82 Å². The molecule has 2 aromatic rings. The van der Waals surface area contributed by atoms with E-state index < -0.39 is 0 Å². The highest BCUT2D eigenvalue weighted by molar-refractivity contribution is 5.85. The Morgan fingerprint density at radius 2 is 2.20 bits per heavy atom. The maximum atomic E-state index is 13.5. The fraction of sp³-hybridized carbons (Fsp3) is 0.333. The van der Waals surface area contributed by atoms with Gasteiger partial charge in [0, 0.05) is 11.1 Å². The fourth-order valence-electron chi connectivity index (χ4n) is 2.09. The number of rotatable bonds is 2. The number of nitrogens with one attached hydrogen (secondary N) is 1. The Labute approximate surface area is 88.3 Å². The van der Waals surface area contributed by atoms with Gasteiger partial charge in [-0.15, -0.1) is 0 Å². The number of aromatic amines is 1. The molecule has 15 heavy (non-hydrogen) atoms. The highest BCUT2D eigenvalue weighted by atomic mass is 19.1. The third-order valence-electron chi connectivity index (χ3n) is 2.87. The predicted molar refractivity (Wildman–Crippen MR) is 60.5 cm³/mol. The number of fused-ring (bicyclic) bond motifs is 1. The molecular weight excluding hydrogens is 191 g/mol. The summed E-state index contributed by atoms with van der Waals surface area (Å²) in [4.78, 5) is 3.08. The first-order valence-electron chi connectivity index (χ1n) is 5.12. The van der Waals surface area contributed by atoms with Crippen LogP contribution < -0.4 is 5.73 Å². The quantitative estimate of drug-likeness (QED) is 0.779. The molecule has 1 aromatic heterocycles. The molecule has 0 saturated heterocycles. The van der Waals surface area contributed by atoms with E-state index in [0.29, 0.717) is 12.1 Å². The number of H-pyrrole nitrogens is 1. The minimum atomic E-state index is -0.203. The van der Waals surface area contributed by atoms with Crippen LogP contribution in [-0.2, 0) is 0 Å². The molecule has 0 aliphatic rings. The third-order valence-corrected chi connectivity index (χ3v) is 2.87. The van der Waals surface area contributed by atoms with E-state index in [0.717, 1.165) is 16.6 Å². The SMILES string of the molecule is Cc1[nH]c2c(F)cccc2c1C(C)CN. The molecule has 1 heterocycles. The fourth-order valence-corrected chi connectivity index (χ4v) is 2.09. The topological polar surface area (TPSA) is 41.8 Å². The van der Waals surface area contributed by atoms with Gasteiger partial charge in [-0.25, -0.2) is 4.39 Å². The first-order chi connectivity index (χ1) is 7.15. The highest BCUT2D eigenvalue weighted by Gasteiger charge is 2.15. The zero-order valence-electron chi connectivity index (χ0n) is 8.97. The highest BCUT2D eigenvalue weighted by Crippen LogP contribution is 2.29. The number of para-hydroxylation sites is 1. The molecule has 0 aliphatic heterocycles. The minimum absolute atomic E-state index is 0.203. The summed E-state index contributed by atoms with van der Waals surface area (Å²) in [5.41, 5.74) is 8.38. The second-order valence-corrected chi connectivity index (χ2v) is 3.96. The van der Waals surface area contributed by atoms with Gasteiger partial charge in [-0.2, -0.15) is 0 Å². The molecule has 0 fully saturated rings. The van der Waals surface area contributed by atoms with Crippen molar-refractivity contribution in [3.63, 3.8) is 0 Å². The molecule has 80 valence electrons.